The normalized spacial score (nSPS) is 11.0. The van der Waals surface area contributed by atoms with E-state index in [2.05, 4.69) is 25.9 Å². The van der Waals surface area contributed by atoms with E-state index in [1.165, 1.54) is 0 Å². The number of hydrogen-bond donors (Lipinski definition) is 3. The number of aromatic nitrogens is 2. The standard InChI is InChI=1S/C26H22F3N5O2/c1-16-15-23(31-19-11-13-22(36-2)14-12-19)34-25(30-16)33-21-9-7-20(8-10-21)32-24(35)17-3-5-18(6-4-17)26(27,28)29/h3-15H,1-2H3,(H,32,35)(H2,30,31,33,34). The minimum absolute atomic E-state index is 0.121. The SMILES string of the molecule is COc1ccc(Nc2cc(C)nc(Nc3ccc(NC(=O)c4ccc(C(F)(F)F)cc4)cc3)n2)cc1. The van der Waals surface area contributed by atoms with Crippen molar-refractivity contribution in [1.29, 1.82) is 0 Å². The first-order chi connectivity index (χ1) is 17.2. The monoisotopic (exact) mass is 493 g/mol. The average Bonchev–Trinajstić information content (AvgIpc) is 2.85. The number of amides is 1. The van der Waals surface area contributed by atoms with Crippen LogP contribution in [0.4, 0.5) is 42.0 Å². The van der Waals surface area contributed by atoms with E-state index in [1.807, 2.05) is 37.3 Å². The smallest absolute Gasteiger partial charge is 0.416 e. The van der Waals surface area contributed by atoms with Crippen molar-refractivity contribution in [3.63, 3.8) is 0 Å². The topological polar surface area (TPSA) is 88.2 Å². The fourth-order valence-electron chi connectivity index (χ4n) is 3.29. The molecule has 0 atom stereocenters. The van der Waals surface area contributed by atoms with Crippen LogP contribution in [0.1, 0.15) is 21.6 Å². The van der Waals surface area contributed by atoms with Crippen LogP contribution in [0.5, 0.6) is 5.75 Å². The summed E-state index contributed by atoms with van der Waals surface area (Å²) in [7, 11) is 1.61. The Morgan fingerprint density at radius 2 is 1.39 bits per heavy atom. The third-order valence-electron chi connectivity index (χ3n) is 5.09. The van der Waals surface area contributed by atoms with E-state index in [1.54, 1.807) is 31.4 Å². The summed E-state index contributed by atoms with van der Waals surface area (Å²) in [5, 5.41) is 9.01. The van der Waals surface area contributed by atoms with E-state index in [9.17, 15) is 18.0 Å². The predicted molar refractivity (Wildman–Crippen MR) is 132 cm³/mol. The van der Waals surface area contributed by atoms with Gasteiger partial charge in [0.2, 0.25) is 5.95 Å². The minimum atomic E-state index is -4.45. The molecule has 1 amide bonds. The van der Waals surface area contributed by atoms with Gasteiger partial charge in [-0.15, -0.1) is 0 Å². The summed E-state index contributed by atoms with van der Waals surface area (Å²) in [5.41, 5.74) is 2.07. The molecule has 0 aliphatic heterocycles. The van der Waals surface area contributed by atoms with Crippen LogP contribution in [0, 0.1) is 6.92 Å². The molecule has 0 saturated carbocycles. The zero-order chi connectivity index (χ0) is 25.7. The summed E-state index contributed by atoms with van der Waals surface area (Å²) in [4.78, 5) is 21.3. The third kappa shape index (κ3) is 6.29. The molecule has 0 saturated heterocycles. The lowest BCUT2D eigenvalue weighted by molar-refractivity contribution is -0.137. The molecule has 0 fully saturated rings. The molecule has 1 heterocycles. The number of rotatable bonds is 7. The van der Waals surface area contributed by atoms with Gasteiger partial charge in [0.15, 0.2) is 0 Å². The number of anilines is 5. The molecule has 4 rings (SSSR count). The van der Waals surface area contributed by atoms with Crippen LogP contribution in [0.2, 0.25) is 0 Å². The Bertz CT molecular complexity index is 1340. The van der Waals surface area contributed by atoms with Gasteiger partial charge in [0, 0.05) is 34.4 Å². The van der Waals surface area contributed by atoms with Crippen molar-refractivity contribution in [3.05, 3.63) is 95.7 Å². The first-order valence-electron chi connectivity index (χ1n) is 10.8. The van der Waals surface area contributed by atoms with Crippen LogP contribution in [0.3, 0.4) is 0 Å². The van der Waals surface area contributed by atoms with Gasteiger partial charge < -0.3 is 20.7 Å². The van der Waals surface area contributed by atoms with Gasteiger partial charge in [0.05, 0.1) is 12.7 Å². The Balaban J connectivity index is 1.40. The maximum absolute atomic E-state index is 12.7. The van der Waals surface area contributed by atoms with Crippen LogP contribution in [-0.4, -0.2) is 23.0 Å². The highest BCUT2D eigenvalue weighted by Crippen LogP contribution is 2.29. The number of nitrogens with one attached hydrogen (secondary N) is 3. The summed E-state index contributed by atoms with van der Waals surface area (Å²) in [6.45, 7) is 1.85. The van der Waals surface area contributed by atoms with Gasteiger partial charge in [-0.3, -0.25) is 4.79 Å². The summed E-state index contributed by atoms with van der Waals surface area (Å²) in [5.74, 6) is 1.23. The second-order valence-corrected chi connectivity index (χ2v) is 7.80. The van der Waals surface area contributed by atoms with Crippen LogP contribution < -0.4 is 20.7 Å². The van der Waals surface area contributed by atoms with Crippen LogP contribution in [0.15, 0.2) is 78.9 Å². The molecule has 7 nitrogen and oxygen atoms in total. The second kappa shape index (κ2) is 10.3. The van der Waals surface area contributed by atoms with Gasteiger partial charge in [-0.1, -0.05) is 0 Å². The highest BCUT2D eigenvalue weighted by Gasteiger charge is 2.30. The third-order valence-corrected chi connectivity index (χ3v) is 5.09. The van der Waals surface area contributed by atoms with Gasteiger partial charge in [0.25, 0.3) is 5.91 Å². The number of halogens is 3. The van der Waals surface area contributed by atoms with Crippen molar-refractivity contribution < 1.29 is 22.7 Å². The quantitative estimate of drug-likeness (QED) is 0.271. The van der Waals surface area contributed by atoms with Gasteiger partial charge in [-0.2, -0.15) is 18.2 Å². The molecule has 4 aromatic rings. The fraction of sp³-hybridized carbons (Fsp3) is 0.115. The Morgan fingerprint density at radius 1 is 0.806 bits per heavy atom. The average molecular weight is 493 g/mol. The maximum atomic E-state index is 12.7. The highest BCUT2D eigenvalue weighted by atomic mass is 19.4. The Hall–Kier alpha value is -4.60. The maximum Gasteiger partial charge on any atom is 0.416 e. The van der Waals surface area contributed by atoms with Crippen molar-refractivity contribution in [3.8, 4) is 5.75 Å². The molecule has 0 bridgehead atoms. The van der Waals surface area contributed by atoms with Crippen molar-refractivity contribution in [2.75, 3.05) is 23.1 Å². The first-order valence-corrected chi connectivity index (χ1v) is 10.8. The summed E-state index contributed by atoms with van der Waals surface area (Å²) in [6.07, 6.45) is -4.45. The molecule has 0 aliphatic carbocycles. The number of alkyl halides is 3. The van der Waals surface area contributed by atoms with Crippen molar-refractivity contribution in [2.24, 2.45) is 0 Å². The lowest BCUT2D eigenvalue weighted by atomic mass is 10.1. The zero-order valence-corrected chi connectivity index (χ0v) is 19.4. The molecule has 0 radical (unpaired) electrons. The van der Waals surface area contributed by atoms with E-state index in [0.29, 0.717) is 23.1 Å². The van der Waals surface area contributed by atoms with E-state index >= 15 is 0 Å². The summed E-state index contributed by atoms with van der Waals surface area (Å²) < 4.78 is 43.3. The molecule has 0 unspecified atom stereocenters. The second-order valence-electron chi connectivity index (χ2n) is 7.80. The Labute approximate surface area is 205 Å². The van der Waals surface area contributed by atoms with Crippen LogP contribution in [0.25, 0.3) is 0 Å². The number of aryl methyl sites for hydroxylation is 1. The molecule has 10 heteroatoms. The number of methoxy groups -OCH3 is 1. The van der Waals surface area contributed by atoms with E-state index in [4.69, 9.17) is 4.74 Å². The number of hydrogen-bond acceptors (Lipinski definition) is 6. The largest absolute Gasteiger partial charge is 0.497 e. The lowest BCUT2D eigenvalue weighted by Gasteiger charge is -2.11. The summed E-state index contributed by atoms with van der Waals surface area (Å²) in [6, 6.07) is 20.1. The number of carbonyl (C=O) groups is 1. The van der Waals surface area contributed by atoms with E-state index < -0.39 is 17.6 Å². The molecule has 3 N–H and O–H groups in total. The molecule has 0 spiro atoms. The molecule has 36 heavy (non-hydrogen) atoms. The number of nitrogens with zero attached hydrogens (tertiary/aromatic N) is 2. The van der Waals surface area contributed by atoms with Crippen molar-refractivity contribution in [1.82, 2.24) is 9.97 Å². The molecule has 184 valence electrons. The van der Waals surface area contributed by atoms with Crippen molar-refractivity contribution in [2.45, 2.75) is 13.1 Å². The molecular weight excluding hydrogens is 471 g/mol. The van der Waals surface area contributed by atoms with Crippen LogP contribution in [-0.2, 0) is 6.18 Å². The molecular formula is C26H22F3N5O2. The molecule has 1 aromatic heterocycles. The van der Waals surface area contributed by atoms with Gasteiger partial charge in [-0.25, -0.2) is 4.98 Å². The summed E-state index contributed by atoms with van der Waals surface area (Å²) >= 11 is 0. The van der Waals surface area contributed by atoms with Crippen LogP contribution >= 0.6 is 0 Å². The molecule has 3 aromatic carbocycles. The predicted octanol–water partition coefficient (Wildman–Crippen LogP) is 6.55. The van der Waals surface area contributed by atoms with Gasteiger partial charge >= 0.3 is 6.18 Å². The Kier molecular flexibility index (Phi) is 7.05. The minimum Gasteiger partial charge on any atom is -0.497 e. The fourth-order valence-corrected chi connectivity index (χ4v) is 3.29. The Morgan fingerprint density at radius 3 is 2.00 bits per heavy atom. The van der Waals surface area contributed by atoms with Gasteiger partial charge in [-0.05, 0) is 79.7 Å². The molecule has 0 aliphatic rings. The highest BCUT2D eigenvalue weighted by molar-refractivity contribution is 6.04. The number of benzene rings is 3. The van der Waals surface area contributed by atoms with Gasteiger partial charge in [0.1, 0.15) is 11.6 Å². The van der Waals surface area contributed by atoms with Crippen molar-refractivity contribution >= 4 is 34.7 Å². The van der Waals surface area contributed by atoms with E-state index in [0.717, 1.165) is 41.4 Å². The van der Waals surface area contributed by atoms with E-state index in [-0.39, 0.29) is 5.56 Å². The number of ether oxygens (including phenoxy) is 1. The number of carbonyl (C=O) groups excluding carboxylic acids is 1. The first kappa shape index (κ1) is 24.5. The lowest BCUT2D eigenvalue weighted by Crippen LogP contribution is -2.12. The zero-order valence-electron chi connectivity index (χ0n) is 19.4.